The standard InChI is InChI=1S/C18H9F3N2O2/c19-18(20,21)11-7-8-14(22-9-11)23-16(24)12-5-1-3-10-4-2-6-13(15(10)12)17(23)25/h1-9H. The Morgan fingerprint density at radius 1 is 0.840 bits per heavy atom. The van der Waals surface area contributed by atoms with E-state index in [0.717, 1.165) is 22.4 Å². The SMILES string of the molecule is O=C1c2cccc3cccc(c23)C(=O)N1c1ccc(C(F)(F)F)cn1. The molecule has 3 aromatic rings. The largest absolute Gasteiger partial charge is 0.417 e. The van der Waals surface area contributed by atoms with Crippen LogP contribution in [0, 0.1) is 0 Å². The van der Waals surface area contributed by atoms with Gasteiger partial charge in [-0.1, -0.05) is 24.3 Å². The van der Waals surface area contributed by atoms with Crippen molar-refractivity contribution in [2.24, 2.45) is 0 Å². The van der Waals surface area contributed by atoms with Gasteiger partial charge in [0.05, 0.1) is 5.56 Å². The average Bonchev–Trinajstić information content (AvgIpc) is 2.59. The normalized spacial score (nSPS) is 14.3. The summed E-state index contributed by atoms with van der Waals surface area (Å²) in [5.74, 6) is -1.36. The topological polar surface area (TPSA) is 50.3 Å². The first-order valence-corrected chi connectivity index (χ1v) is 7.32. The highest BCUT2D eigenvalue weighted by Crippen LogP contribution is 2.33. The molecule has 7 heteroatoms. The van der Waals surface area contributed by atoms with Gasteiger partial charge in [0, 0.05) is 22.7 Å². The molecule has 2 heterocycles. The third-order valence-electron chi connectivity index (χ3n) is 4.08. The van der Waals surface area contributed by atoms with Gasteiger partial charge in [0.1, 0.15) is 5.82 Å². The highest BCUT2D eigenvalue weighted by atomic mass is 19.4. The monoisotopic (exact) mass is 342 g/mol. The Hall–Kier alpha value is -3.22. The minimum absolute atomic E-state index is 0.144. The van der Waals surface area contributed by atoms with Gasteiger partial charge in [-0.15, -0.1) is 0 Å². The molecule has 0 radical (unpaired) electrons. The third kappa shape index (κ3) is 2.27. The summed E-state index contributed by atoms with van der Waals surface area (Å²) in [4.78, 5) is 30.0. The molecule has 0 saturated heterocycles. The molecule has 1 aliphatic heterocycles. The number of pyridine rings is 1. The van der Waals surface area contributed by atoms with Crippen LogP contribution in [0.25, 0.3) is 10.8 Å². The fraction of sp³-hybridized carbons (Fsp3) is 0.0556. The summed E-state index contributed by atoms with van der Waals surface area (Å²) in [7, 11) is 0. The highest BCUT2D eigenvalue weighted by molar-refractivity contribution is 6.35. The van der Waals surface area contributed by atoms with Gasteiger partial charge in [0.15, 0.2) is 0 Å². The van der Waals surface area contributed by atoms with Crippen LogP contribution in [0.3, 0.4) is 0 Å². The molecule has 1 aliphatic rings. The zero-order valence-electron chi connectivity index (χ0n) is 12.5. The van der Waals surface area contributed by atoms with Gasteiger partial charge in [-0.3, -0.25) is 9.59 Å². The molecular formula is C18H9F3N2O2. The predicted molar refractivity (Wildman–Crippen MR) is 84.3 cm³/mol. The van der Waals surface area contributed by atoms with Gasteiger partial charge in [-0.05, 0) is 29.7 Å². The molecule has 0 saturated carbocycles. The molecule has 2 aromatic carbocycles. The van der Waals surface area contributed by atoms with Crippen molar-refractivity contribution in [3.63, 3.8) is 0 Å². The van der Waals surface area contributed by atoms with Crippen LogP contribution in [0.2, 0.25) is 0 Å². The number of halogens is 3. The quantitative estimate of drug-likeness (QED) is 0.627. The maximum Gasteiger partial charge on any atom is 0.417 e. The van der Waals surface area contributed by atoms with E-state index in [0.29, 0.717) is 22.7 Å². The lowest BCUT2D eigenvalue weighted by Gasteiger charge is -2.26. The second kappa shape index (κ2) is 5.14. The van der Waals surface area contributed by atoms with Crippen LogP contribution >= 0.6 is 0 Å². The van der Waals surface area contributed by atoms with E-state index in [9.17, 15) is 22.8 Å². The van der Waals surface area contributed by atoms with E-state index in [1.807, 2.05) is 0 Å². The minimum Gasteiger partial charge on any atom is -0.268 e. The number of amides is 2. The predicted octanol–water partition coefficient (Wildman–Crippen LogP) is 4.05. The molecule has 4 nitrogen and oxygen atoms in total. The number of benzene rings is 2. The van der Waals surface area contributed by atoms with Crippen LogP contribution in [0.1, 0.15) is 26.3 Å². The summed E-state index contributed by atoms with van der Waals surface area (Å²) in [5.41, 5.74) is -0.320. The van der Waals surface area contributed by atoms with Gasteiger partial charge < -0.3 is 0 Å². The number of imide groups is 1. The lowest BCUT2D eigenvalue weighted by atomic mass is 9.94. The van der Waals surface area contributed by atoms with Crippen molar-refractivity contribution < 1.29 is 22.8 Å². The maximum atomic E-state index is 12.7. The fourth-order valence-corrected chi connectivity index (χ4v) is 2.92. The second-order valence-corrected chi connectivity index (χ2v) is 5.56. The Kier molecular flexibility index (Phi) is 3.15. The maximum absolute atomic E-state index is 12.7. The number of anilines is 1. The Balaban J connectivity index is 1.85. The Morgan fingerprint density at radius 2 is 1.44 bits per heavy atom. The second-order valence-electron chi connectivity index (χ2n) is 5.56. The Labute approximate surface area is 139 Å². The first-order valence-electron chi connectivity index (χ1n) is 7.32. The van der Waals surface area contributed by atoms with Gasteiger partial charge in [-0.25, -0.2) is 9.88 Å². The van der Waals surface area contributed by atoms with E-state index < -0.39 is 23.6 Å². The van der Waals surface area contributed by atoms with E-state index in [-0.39, 0.29) is 5.82 Å². The minimum atomic E-state index is -4.54. The van der Waals surface area contributed by atoms with E-state index >= 15 is 0 Å². The van der Waals surface area contributed by atoms with Crippen molar-refractivity contribution in [1.82, 2.24) is 4.98 Å². The van der Waals surface area contributed by atoms with E-state index in [4.69, 9.17) is 0 Å². The number of rotatable bonds is 1. The van der Waals surface area contributed by atoms with Crippen molar-refractivity contribution >= 4 is 28.4 Å². The summed E-state index contributed by atoms with van der Waals surface area (Å²) < 4.78 is 38.0. The molecule has 0 aliphatic carbocycles. The Morgan fingerprint density at radius 3 is 1.92 bits per heavy atom. The first kappa shape index (κ1) is 15.3. The van der Waals surface area contributed by atoms with Gasteiger partial charge >= 0.3 is 6.18 Å². The molecule has 0 unspecified atom stereocenters. The van der Waals surface area contributed by atoms with Crippen LogP contribution in [-0.4, -0.2) is 16.8 Å². The van der Waals surface area contributed by atoms with Crippen LogP contribution < -0.4 is 4.90 Å². The lowest BCUT2D eigenvalue weighted by molar-refractivity contribution is -0.137. The summed E-state index contributed by atoms with van der Waals surface area (Å²) in [6.45, 7) is 0. The van der Waals surface area contributed by atoms with Crippen LogP contribution in [0.5, 0.6) is 0 Å². The number of nitrogens with zero attached hydrogens (tertiary/aromatic N) is 2. The molecule has 124 valence electrons. The molecule has 0 bridgehead atoms. The van der Waals surface area contributed by atoms with Gasteiger partial charge in [0.25, 0.3) is 11.8 Å². The third-order valence-corrected chi connectivity index (χ3v) is 4.08. The summed E-state index contributed by atoms with van der Waals surface area (Å²) in [6, 6.07) is 11.9. The summed E-state index contributed by atoms with van der Waals surface area (Å²) in [6.07, 6.45) is -3.93. The number of hydrogen-bond donors (Lipinski definition) is 0. The molecule has 0 N–H and O–H groups in total. The molecule has 2 amide bonds. The fourth-order valence-electron chi connectivity index (χ4n) is 2.92. The zero-order chi connectivity index (χ0) is 17.8. The summed E-state index contributed by atoms with van der Waals surface area (Å²) in [5, 5.41) is 1.29. The number of aromatic nitrogens is 1. The molecule has 0 fully saturated rings. The molecular weight excluding hydrogens is 333 g/mol. The average molecular weight is 342 g/mol. The number of carbonyl (C=O) groups is 2. The molecule has 1 aromatic heterocycles. The van der Waals surface area contributed by atoms with Gasteiger partial charge in [0.2, 0.25) is 0 Å². The van der Waals surface area contributed by atoms with Crippen LogP contribution in [0.15, 0.2) is 54.7 Å². The first-order chi connectivity index (χ1) is 11.9. The molecule has 25 heavy (non-hydrogen) atoms. The van der Waals surface area contributed by atoms with Crippen molar-refractivity contribution in [2.75, 3.05) is 4.90 Å². The lowest BCUT2D eigenvalue weighted by Crippen LogP contribution is -2.41. The van der Waals surface area contributed by atoms with Crippen molar-refractivity contribution in [3.8, 4) is 0 Å². The van der Waals surface area contributed by atoms with E-state index in [1.165, 1.54) is 0 Å². The highest BCUT2D eigenvalue weighted by Gasteiger charge is 2.36. The van der Waals surface area contributed by atoms with E-state index in [1.54, 1.807) is 36.4 Å². The number of alkyl halides is 3. The zero-order valence-corrected chi connectivity index (χ0v) is 12.5. The molecule has 0 atom stereocenters. The molecule has 4 rings (SSSR count). The van der Waals surface area contributed by atoms with Crippen molar-refractivity contribution in [2.45, 2.75) is 6.18 Å². The van der Waals surface area contributed by atoms with Crippen LogP contribution in [-0.2, 0) is 6.18 Å². The number of carbonyl (C=O) groups excluding carboxylic acids is 2. The molecule has 0 spiro atoms. The van der Waals surface area contributed by atoms with E-state index in [2.05, 4.69) is 4.98 Å². The van der Waals surface area contributed by atoms with Gasteiger partial charge in [-0.2, -0.15) is 13.2 Å². The smallest absolute Gasteiger partial charge is 0.268 e. The van der Waals surface area contributed by atoms with Crippen molar-refractivity contribution in [1.29, 1.82) is 0 Å². The van der Waals surface area contributed by atoms with Crippen LogP contribution in [0.4, 0.5) is 19.0 Å². The Bertz CT molecular complexity index is 976. The van der Waals surface area contributed by atoms with Crippen molar-refractivity contribution in [3.05, 3.63) is 71.4 Å². The summed E-state index contributed by atoms with van der Waals surface area (Å²) >= 11 is 0. The number of hydrogen-bond acceptors (Lipinski definition) is 3.